The van der Waals surface area contributed by atoms with E-state index in [1.807, 2.05) is 17.0 Å². The van der Waals surface area contributed by atoms with Gasteiger partial charge in [-0.05, 0) is 0 Å². The first-order valence-electron chi connectivity index (χ1n) is 10.8. The van der Waals surface area contributed by atoms with Gasteiger partial charge in [0.05, 0.1) is 0 Å². The van der Waals surface area contributed by atoms with Gasteiger partial charge in [0.2, 0.25) is 0 Å². The number of nitrogens with zero attached hydrogens (tertiary/aromatic N) is 2. The third kappa shape index (κ3) is 4.21. The van der Waals surface area contributed by atoms with Crippen LogP contribution in [0, 0.1) is 6.92 Å². The molecule has 1 saturated heterocycles. The molecule has 2 aliphatic rings. The van der Waals surface area contributed by atoms with E-state index < -0.39 is 0 Å². The average molecular weight is 472 g/mol. The zero-order chi connectivity index (χ0) is 21.5. The summed E-state index contributed by atoms with van der Waals surface area (Å²) in [5.74, 6) is 0.0544. The van der Waals surface area contributed by atoms with Crippen LogP contribution in [-0.2, 0) is 15.6 Å². The van der Waals surface area contributed by atoms with E-state index in [1.54, 1.807) is 6.20 Å². The molecule has 2 heterocycles. The molecule has 0 unspecified atom stereocenters. The Morgan fingerprint density at radius 3 is 2.27 bits per heavy atom. The Bertz CT molecular complexity index is 944. The molecule has 0 spiro atoms. The number of fused-ring (bicyclic) bond motifs is 1. The Morgan fingerprint density at radius 2 is 1.67 bits per heavy atom. The van der Waals surface area contributed by atoms with Crippen molar-refractivity contribution in [2.45, 2.75) is 58.3 Å². The van der Waals surface area contributed by atoms with Crippen LogP contribution in [-0.4, -0.2) is 57.1 Å². The summed E-state index contributed by atoms with van der Waals surface area (Å²) in [6.45, 7) is 14.3. The Balaban J connectivity index is 1.57. The number of hydrogen-bond donors (Lipinski definition) is 0. The van der Waals surface area contributed by atoms with Gasteiger partial charge in [0.25, 0.3) is 0 Å². The summed E-state index contributed by atoms with van der Waals surface area (Å²) < 4.78 is 7.80. The fourth-order valence-electron chi connectivity index (χ4n) is 4.44. The van der Waals surface area contributed by atoms with E-state index >= 15 is 0 Å². The van der Waals surface area contributed by atoms with Crippen molar-refractivity contribution in [2.24, 2.45) is 0 Å². The van der Waals surface area contributed by atoms with Crippen LogP contribution in [0.25, 0.3) is 0 Å². The monoisotopic (exact) mass is 472 g/mol. The second kappa shape index (κ2) is 8.11. The molecule has 30 heavy (non-hydrogen) atoms. The Hall–Kier alpha value is -1.68. The molecule has 1 aromatic heterocycles. The zero-order valence-corrected chi connectivity index (χ0v) is 20.5. The molecule has 0 saturated carbocycles. The topological polar surface area (TPSA) is 42.4 Å². The number of hydrogen-bond acceptors (Lipinski definition) is 3. The van der Waals surface area contributed by atoms with Gasteiger partial charge < -0.3 is 0 Å². The molecule has 4 nitrogen and oxygen atoms in total. The molecule has 1 aliphatic carbocycles. The van der Waals surface area contributed by atoms with Crippen LogP contribution in [0.1, 0.15) is 67.6 Å². The molecule has 1 aromatic carbocycles. The van der Waals surface area contributed by atoms with Crippen molar-refractivity contribution in [3.63, 3.8) is 0 Å². The number of aryl methyl sites for hydroxylation is 1. The van der Waals surface area contributed by atoms with E-state index in [1.165, 1.54) is 34.0 Å². The molecule has 0 N–H and O–H groups in total. The number of rotatable bonds is 3. The Kier molecular flexibility index (Phi) is 5.82. The molecule has 0 radical (unpaired) electrons. The summed E-state index contributed by atoms with van der Waals surface area (Å²) >= 11 is 0.122. The minimum atomic E-state index is 0.0544. The van der Waals surface area contributed by atoms with Crippen molar-refractivity contribution in [1.82, 2.24) is 9.88 Å². The van der Waals surface area contributed by atoms with E-state index in [4.69, 9.17) is 4.74 Å². The number of aromatic nitrogens is 1. The molecule has 2 aromatic rings. The van der Waals surface area contributed by atoms with Crippen molar-refractivity contribution < 1.29 is 9.53 Å². The van der Waals surface area contributed by atoms with Gasteiger partial charge in [-0.2, -0.15) is 0 Å². The van der Waals surface area contributed by atoms with Crippen molar-refractivity contribution in [3.05, 3.63) is 52.7 Å². The molecule has 4 rings (SSSR count). The quantitative estimate of drug-likeness (QED) is 0.647. The van der Waals surface area contributed by atoms with Crippen molar-refractivity contribution in [3.8, 4) is 0 Å². The van der Waals surface area contributed by atoms with Gasteiger partial charge in [-0.25, -0.2) is 0 Å². The van der Waals surface area contributed by atoms with Gasteiger partial charge in [-0.15, -0.1) is 0 Å². The molecule has 1 aliphatic heterocycles. The first kappa shape index (κ1) is 21.5. The third-order valence-corrected chi connectivity index (χ3v) is 8.97. The summed E-state index contributed by atoms with van der Waals surface area (Å²) in [6, 6.07) is 8.83. The van der Waals surface area contributed by atoms with Crippen LogP contribution in [0.4, 0.5) is 0 Å². The predicted octanol–water partition coefficient (Wildman–Crippen LogP) is 2.87. The number of amides is 1. The molecule has 0 atom stereocenters. The van der Waals surface area contributed by atoms with Crippen LogP contribution in [0.5, 0.6) is 0 Å². The third-order valence-electron chi connectivity index (χ3n) is 6.64. The number of carbonyl (C=O) groups excluding carboxylic acids is 1. The van der Waals surface area contributed by atoms with Gasteiger partial charge in [-0.1, -0.05) is 0 Å². The Labute approximate surface area is 186 Å². The number of pyridine rings is 1. The van der Waals surface area contributed by atoms with E-state index in [9.17, 15) is 4.79 Å². The number of ether oxygens (including phenoxy) is 1. The average Bonchev–Trinajstić information content (AvgIpc) is 2.73. The standard InChI is InChI=1S/C25H32N2O2Se/c1-17-14-19-20(25(4,5)9-8-24(19,2)3)15-21(17)30-22-7-6-18(16-26-22)23(28)27-10-12-29-13-11-27/h6-7,14-16H,8-13H2,1-5H3. The summed E-state index contributed by atoms with van der Waals surface area (Å²) in [5, 5.41) is 0. The van der Waals surface area contributed by atoms with Crippen LogP contribution in [0.15, 0.2) is 30.5 Å². The SMILES string of the molecule is Cc1cc2c(cc1[Se]c1ccc(C(=O)N3CCOCC3)cn1)C(C)(C)CCC2(C)C. The van der Waals surface area contributed by atoms with Crippen LogP contribution >= 0.6 is 0 Å². The van der Waals surface area contributed by atoms with Gasteiger partial charge in [-0.3, -0.25) is 0 Å². The van der Waals surface area contributed by atoms with Gasteiger partial charge in [0.1, 0.15) is 0 Å². The van der Waals surface area contributed by atoms with Crippen LogP contribution in [0.3, 0.4) is 0 Å². The molecular weight excluding hydrogens is 439 g/mol. The van der Waals surface area contributed by atoms with Gasteiger partial charge >= 0.3 is 187 Å². The van der Waals surface area contributed by atoms with Gasteiger partial charge in [0.15, 0.2) is 0 Å². The summed E-state index contributed by atoms with van der Waals surface area (Å²) in [7, 11) is 0. The molecule has 1 amide bonds. The van der Waals surface area contributed by atoms with E-state index in [-0.39, 0.29) is 31.7 Å². The molecule has 0 bridgehead atoms. The second-order valence-electron chi connectivity index (χ2n) is 9.82. The maximum atomic E-state index is 12.7. The zero-order valence-electron chi connectivity index (χ0n) is 18.7. The second-order valence-corrected chi connectivity index (χ2v) is 12.1. The van der Waals surface area contributed by atoms with E-state index in [0.717, 1.165) is 4.59 Å². The number of benzene rings is 1. The minimum absolute atomic E-state index is 0.0544. The van der Waals surface area contributed by atoms with Crippen molar-refractivity contribution in [1.29, 1.82) is 0 Å². The molecular formula is C25H32N2O2Se. The van der Waals surface area contributed by atoms with E-state index in [2.05, 4.69) is 51.7 Å². The first-order chi connectivity index (χ1) is 14.2. The summed E-state index contributed by atoms with van der Waals surface area (Å²) in [4.78, 5) is 19.2. The number of morpholine rings is 1. The maximum absolute atomic E-state index is 12.7. The molecule has 1 fully saturated rings. The molecule has 5 heteroatoms. The normalized spacial score (nSPS) is 20.0. The number of carbonyl (C=O) groups is 1. The van der Waals surface area contributed by atoms with E-state index in [0.29, 0.717) is 31.9 Å². The Morgan fingerprint density at radius 1 is 1.03 bits per heavy atom. The van der Waals surface area contributed by atoms with Crippen molar-refractivity contribution >= 4 is 29.9 Å². The first-order valence-corrected chi connectivity index (χ1v) is 12.6. The van der Waals surface area contributed by atoms with Crippen LogP contribution in [0.2, 0.25) is 0 Å². The van der Waals surface area contributed by atoms with Crippen molar-refractivity contribution in [2.75, 3.05) is 26.3 Å². The summed E-state index contributed by atoms with van der Waals surface area (Å²) in [6.07, 6.45) is 4.20. The predicted molar refractivity (Wildman–Crippen MR) is 122 cm³/mol. The van der Waals surface area contributed by atoms with Crippen LogP contribution < -0.4 is 9.05 Å². The fraction of sp³-hybridized carbons (Fsp3) is 0.520. The molecule has 160 valence electrons. The van der Waals surface area contributed by atoms with Gasteiger partial charge in [0, 0.05) is 0 Å². The summed E-state index contributed by atoms with van der Waals surface area (Å²) in [5.41, 5.74) is 5.48. The fourth-order valence-corrected chi connectivity index (χ4v) is 6.25.